The highest BCUT2D eigenvalue weighted by atomic mass is 32.2. The first-order chi connectivity index (χ1) is 26.0. The molecule has 0 saturated heterocycles. The van der Waals surface area contributed by atoms with E-state index in [-0.39, 0.29) is 5.91 Å². The van der Waals surface area contributed by atoms with Crippen LogP contribution in [-0.4, -0.2) is 70.0 Å². The van der Waals surface area contributed by atoms with Crippen LogP contribution in [0, 0.1) is 0 Å². The van der Waals surface area contributed by atoms with Gasteiger partial charge in [-0.15, -0.1) is 11.8 Å². The van der Waals surface area contributed by atoms with Crippen LogP contribution in [0.5, 0.6) is 0 Å². The van der Waals surface area contributed by atoms with Crippen LogP contribution in [0.3, 0.4) is 0 Å². The molecule has 0 aromatic heterocycles. The van der Waals surface area contributed by atoms with Crippen molar-refractivity contribution in [1.82, 2.24) is 5.32 Å². The number of aliphatic carboxylic acids is 1. The van der Waals surface area contributed by atoms with Gasteiger partial charge < -0.3 is 25.0 Å². The Morgan fingerprint density at radius 2 is 1.04 bits per heavy atom. The lowest BCUT2D eigenvalue weighted by Gasteiger charge is -2.36. The normalized spacial score (nSPS) is 11.6. The number of carbonyl (C=O) groups is 3. The van der Waals surface area contributed by atoms with Crippen molar-refractivity contribution in [2.24, 2.45) is 0 Å². The fourth-order valence-electron chi connectivity index (χ4n) is 5.61. The average molecular weight is 742 g/mol. The molecule has 1 atom stereocenters. The summed E-state index contributed by atoms with van der Waals surface area (Å²) in [4.78, 5) is 40.1. The van der Waals surface area contributed by atoms with E-state index in [0.717, 1.165) is 45.3 Å². The number of carbonyl (C=O) groups excluding carboxylic acids is 2. The zero-order chi connectivity index (χ0) is 38.9. The van der Waals surface area contributed by atoms with Crippen LogP contribution < -0.4 is 15.1 Å². The van der Waals surface area contributed by atoms with Crippen LogP contribution in [0.25, 0.3) is 12.2 Å². The van der Waals surface area contributed by atoms with Crippen LogP contribution in [0.1, 0.15) is 27.8 Å². The lowest BCUT2D eigenvalue weighted by atomic mass is 9.84. The first kappa shape index (κ1) is 40.7. The van der Waals surface area contributed by atoms with Gasteiger partial charge in [-0.1, -0.05) is 115 Å². The number of methoxy groups -OCH3 is 1. The van der Waals surface area contributed by atoms with Gasteiger partial charge >= 0.3 is 11.9 Å². The molecule has 0 radical (unpaired) electrons. The van der Waals surface area contributed by atoms with Crippen LogP contribution in [0.4, 0.5) is 11.4 Å². The minimum Gasteiger partial charge on any atom is -0.478 e. The number of ether oxygens (including phenoxy) is 1. The number of nitrogens with zero attached hydrogens (tertiary/aromatic N) is 2. The molecule has 0 aliphatic carbocycles. The van der Waals surface area contributed by atoms with Gasteiger partial charge in [0, 0.05) is 57.5 Å². The molecule has 278 valence electrons. The summed E-state index contributed by atoms with van der Waals surface area (Å²) < 4.78 is 4.48. The monoisotopic (exact) mass is 741 g/mol. The number of nitrogens with one attached hydrogen (secondary N) is 1. The third-order valence-electron chi connectivity index (χ3n) is 8.47. The van der Waals surface area contributed by atoms with Crippen molar-refractivity contribution in [2.45, 2.75) is 10.8 Å². The Morgan fingerprint density at radius 3 is 1.39 bits per heavy atom. The molecule has 0 bridgehead atoms. The number of rotatable bonds is 14. The molecular formula is C45H47N3O5S. The van der Waals surface area contributed by atoms with Gasteiger partial charge in [-0.25, -0.2) is 9.59 Å². The van der Waals surface area contributed by atoms with E-state index >= 15 is 0 Å². The summed E-state index contributed by atoms with van der Waals surface area (Å²) >= 11 is 1.60. The van der Waals surface area contributed by atoms with Gasteiger partial charge in [0.25, 0.3) is 0 Å². The van der Waals surface area contributed by atoms with Gasteiger partial charge in [0.1, 0.15) is 6.04 Å². The first-order valence-corrected chi connectivity index (χ1v) is 18.3. The topological polar surface area (TPSA) is 99.2 Å². The van der Waals surface area contributed by atoms with Gasteiger partial charge in [-0.2, -0.15) is 0 Å². The van der Waals surface area contributed by atoms with Crippen molar-refractivity contribution in [3.8, 4) is 0 Å². The standard InChI is InChI=1S/C34H34N2O3S.C11H13NO2/c1-36(2)30-22-19-26(20-23-30)21-24-32(37)35-31(33(38)39-3)25-40-34(27-13-7-4-8-14-27,28-15-9-5-10-16-28)29-17-11-6-12-18-29;1-12(2)10-6-3-9(4-7-10)5-8-11(13)14/h4-24,31H,25H2,1-3H3,(H,35,37);3-8H,1-2H3,(H,13,14)/b24-21+;8-5+/t31-;/m1./s1. The summed E-state index contributed by atoms with van der Waals surface area (Å²) in [6, 6.07) is 45.4. The first-order valence-electron chi connectivity index (χ1n) is 17.4. The predicted octanol–water partition coefficient (Wildman–Crippen LogP) is 8.00. The summed E-state index contributed by atoms with van der Waals surface area (Å²) in [6.45, 7) is 0. The van der Waals surface area contributed by atoms with Crippen molar-refractivity contribution < 1.29 is 24.2 Å². The van der Waals surface area contributed by atoms with Crippen LogP contribution in [0.2, 0.25) is 0 Å². The summed E-state index contributed by atoms with van der Waals surface area (Å²) in [5, 5.41) is 11.3. The van der Waals surface area contributed by atoms with E-state index in [4.69, 9.17) is 9.84 Å². The Kier molecular flexibility index (Phi) is 15.3. The molecular weight excluding hydrogens is 695 g/mol. The molecule has 0 aliphatic rings. The van der Waals surface area contributed by atoms with E-state index in [1.54, 1.807) is 23.9 Å². The Morgan fingerprint density at radius 1 is 0.648 bits per heavy atom. The van der Waals surface area contributed by atoms with Crippen LogP contribution in [0.15, 0.2) is 152 Å². The van der Waals surface area contributed by atoms with E-state index in [1.807, 2.05) is 141 Å². The van der Waals surface area contributed by atoms with Gasteiger partial charge in [-0.3, -0.25) is 4.79 Å². The number of anilines is 2. The fourth-order valence-corrected chi connectivity index (χ4v) is 7.16. The van der Waals surface area contributed by atoms with Gasteiger partial charge in [-0.05, 0) is 64.2 Å². The number of benzene rings is 5. The number of hydrogen-bond acceptors (Lipinski definition) is 7. The van der Waals surface area contributed by atoms with Crippen molar-refractivity contribution in [2.75, 3.05) is 50.9 Å². The van der Waals surface area contributed by atoms with Crippen molar-refractivity contribution in [3.63, 3.8) is 0 Å². The second-order valence-corrected chi connectivity index (χ2v) is 13.9. The fraction of sp³-hybridized carbons (Fsp3) is 0.178. The third kappa shape index (κ3) is 11.5. The molecule has 54 heavy (non-hydrogen) atoms. The number of thioether (sulfide) groups is 1. The molecule has 1 amide bonds. The number of carboxylic acid groups (broad SMARTS) is 1. The van der Waals surface area contributed by atoms with Crippen LogP contribution >= 0.6 is 11.8 Å². The Balaban J connectivity index is 0.000000390. The molecule has 8 nitrogen and oxygen atoms in total. The minimum atomic E-state index is -0.929. The smallest absolute Gasteiger partial charge is 0.329 e. The highest BCUT2D eigenvalue weighted by Crippen LogP contribution is 2.48. The highest BCUT2D eigenvalue weighted by Gasteiger charge is 2.38. The highest BCUT2D eigenvalue weighted by molar-refractivity contribution is 8.00. The maximum absolute atomic E-state index is 12.9. The largest absolute Gasteiger partial charge is 0.478 e. The van der Waals surface area contributed by atoms with E-state index in [0.29, 0.717) is 5.75 Å². The molecule has 0 aliphatic heterocycles. The maximum atomic E-state index is 12.9. The summed E-state index contributed by atoms with van der Waals surface area (Å²) in [5.74, 6) is -1.49. The zero-order valence-electron chi connectivity index (χ0n) is 31.3. The molecule has 0 saturated carbocycles. The molecule has 5 aromatic rings. The van der Waals surface area contributed by atoms with E-state index in [2.05, 4.69) is 41.7 Å². The van der Waals surface area contributed by atoms with Crippen molar-refractivity contribution in [1.29, 1.82) is 0 Å². The molecule has 5 rings (SSSR count). The van der Waals surface area contributed by atoms with Gasteiger partial charge in [0.15, 0.2) is 0 Å². The predicted molar refractivity (Wildman–Crippen MR) is 223 cm³/mol. The number of carboxylic acids is 1. The summed E-state index contributed by atoms with van der Waals surface area (Å²) in [6.07, 6.45) is 5.88. The number of hydrogen-bond donors (Lipinski definition) is 2. The minimum absolute atomic E-state index is 0.294. The molecule has 0 heterocycles. The van der Waals surface area contributed by atoms with Crippen molar-refractivity contribution in [3.05, 3.63) is 179 Å². The molecule has 0 unspecified atom stereocenters. The maximum Gasteiger partial charge on any atom is 0.329 e. The number of esters is 1. The zero-order valence-corrected chi connectivity index (χ0v) is 32.1. The Hall–Kier alpha value is -6.06. The molecule has 2 N–H and O–H groups in total. The molecule has 0 fully saturated rings. The summed E-state index contributed by atoms with van der Waals surface area (Å²) in [7, 11) is 9.22. The molecule has 0 spiro atoms. The third-order valence-corrected chi connectivity index (χ3v) is 10.1. The van der Waals surface area contributed by atoms with Crippen LogP contribution in [-0.2, 0) is 23.9 Å². The quantitative estimate of drug-likeness (QED) is 0.0672. The Labute approximate surface area is 322 Å². The van der Waals surface area contributed by atoms with E-state index in [1.165, 1.54) is 13.2 Å². The SMILES string of the molecule is CN(C)c1ccc(/C=C/C(=O)O)cc1.COC(=O)[C@@H](CSC(c1ccccc1)(c1ccccc1)c1ccccc1)NC(=O)/C=C/c1ccc(N(C)C)cc1. The van der Waals surface area contributed by atoms with E-state index < -0.39 is 22.7 Å². The lowest BCUT2D eigenvalue weighted by molar-refractivity contribution is -0.143. The average Bonchev–Trinajstić information content (AvgIpc) is 3.20. The second kappa shape index (κ2) is 20.3. The number of amides is 1. The lowest BCUT2D eigenvalue weighted by Crippen LogP contribution is -2.43. The molecule has 5 aromatic carbocycles. The second-order valence-electron chi connectivity index (χ2n) is 12.7. The van der Waals surface area contributed by atoms with Crippen molar-refractivity contribution >= 4 is 53.1 Å². The molecule has 9 heteroatoms. The van der Waals surface area contributed by atoms with E-state index in [9.17, 15) is 14.4 Å². The summed E-state index contributed by atoms with van der Waals surface area (Å²) in [5.41, 5.74) is 7.18. The Bertz CT molecular complexity index is 1880. The van der Waals surface area contributed by atoms with Gasteiger partial charge in [0.2, 0.25) is 5.91 Å². The van der Waals surface area contributed by atoms with Gasteiger partial charge in [0.05, 0.1) is 11.9 Å².